The smallest absolute Gasteiger partial charge is 0.224 e. The van der Waals surface area contributed by atoms with Crippen molar-refractivity contribution in [2.75, 3.05) is 12.4 Å². The maximum absolute atomic E-state index is 11.4. The number of amides is 1. The maximum Gasteiger partial charge on any atom is 0.224 e. The first kappa shape index (κ1) is 14.9. The molecular formula is C12H19ClN2O. The van der Waals surface area contributed by atoms with Crippen LogP contribution in [0.1, 0.15) is 25.3 Å². The number of hydrogen-bond donors (Lipinski definition) is 2. The van der Waals surface area contributed by atoms with E-state index in [1.54, 1.807) is 0 Å². The molecule has 3 nitrogen and oxygen atoms in total. The normalized spacial score (nSPS) is 9.38. The molecule has 0 aliphatic heterocycles. The summed E-state index contributed by atoms with van der Waals surface area (Å²) in [5, 5.41) is 6.00. The third-order valence-corrected chi connectivity index (χ3v) is 2.14. The molecule has 90 valence electrons. The molecule has 0 saturated heterocycles. The predicted octanol–water partition coefficient (Wildman–Crippen LogP) is 2.57. The van der Waals surface area contributed by atoms with Gasteiger partial charge in [0.25, 0.3) is 0 Å². The van der Waals surface area contributed by atoms with Gasteiger partial charge >= 0.3 is 0 Å². The minimum absolute atomic E-state index is 0. The molecule has 1 rings (SSSR count). The fourth-order valence-corrected chi connectivity index (χ4v) is 1.43. The van der Waals surface area contributed by atoms with Crippen molar-refractivity contribution in [3.63, 3.8) is 0 Å². The van der Waals surface area contributed by atoms with Crippen molar-refractivity contribution in [2.24, 2.45) is 0 Å². The number of carbonyl (C=O) groups is 1. The van der Waals surface area contributed by atoms with Crippen LogP contribution in [0.15, 0.2) is 24.3 Å². The van der Waals surface area contributed by atoms with E-state index in [0.29, 0.717) is 6.42 Å². The van der Waals surface area contributed by atoms with Crippen molar-refractivity contribution in [3.8, 4) is 0 Å². The number of nitrogens with one attached hydrogen (secondary N) is 2. The van der Waals surface area contributed by atoms with E-state index < -0.39 is 0 Å². The second-order valence-corrected chi connectivity index (χ2v) is 3.49. The summed E-state index contributed by atoms with van der Waals surface area (Å²) in [5.41, 5.74) is 2.02. The van der Waals surface area contributed by atoms with Gasteiger partial charge in [-0.3, -0.25) is 4.79 Å². The summed E-state index contributed by atoms with van der Waals surface area (Å²) < 4.78 is 0. The largest absolute Gasteiger partial charge is 0.326 e. The second kappa shape index (κ2) is 8.13. The number of benzene rings is 1. The van der Waals surface area contributed by atoms with Gasteiger partial charge in [0.2, 0.25) is 5.91 Å². The second-order valence-electron chi connectivity index (χ2n) is 3.49. The van der Waals surface area contributed by atoms with Crippen LogP contribution in [0.25, 0.3) is 0 Å². The Morgan fingerprint density at radius 1 is 1.31 bits per heavy atom. The molecule has 0 aromatic heterocycles. The molecule has 4 heteroatoms. The number of rotatable bonds is 5. The van der Waals surface area contributed by atoms with Gasteiger partial charge in [-0.15, -0.1) is 12.4 Å². The zero-order valence-electron chi connectivity index (χ0n) is 9.75. The number of halogens is 1. The average Bonchev–Trinajstić information content (AvgIpc) is 2.21. The molecule has 0 atom stereocenters. The zero-order valence-corrected chi connectivity index (χ0v) is 10.6. The number of hydrogen-bond acceptors (Lipinski definition) is 2. The predicted molar refractivity (Wildman–Crippen MR) is 70.0 cm³/mol. The van der Waals surface area contributed by atoms with Crippen molar-refractivity contribution < 1.29 is 4.79 Å². The van der Waals surface area contributed by atoms with Crippen LogP contribution < -0.4 is 10.6 Å². The lowest BCUT2D eigenvalue weighted by molar-refractivity contribution is -0.116. The molecule has 0 bridgehead atoms. The molecule has 0 radical (unpaired) electrons. The maximum atomic E-state index is 11.4. The first-order valence-electron chi connectivity index (χ1n) is 5.30. The van der Waals surface area contributed by atoms with E-state index in [-0.39, 0.29) is 18.3 Å². The third kappa shape index (κ3) is 4.64. The number of carbonyl (C=O) groups excluding carboxylic acids is 1. The average molecular weight is 243 g/mol. The quantitative estimate of drug-likeness (QED) is 0.833. The van der Waals surface area contributed by atoms with E-state index in [2.05, 4.69) is 10.6 Å². The summed E-state index contributed by atoms with van der Waals surface area (Å²) >= 11 is 0. The molecule has 1 amide bonds. The number of para-hydroxylation sites is 1. The molecule has 0 unspecified atom stereocenters. The standard InChI is InChI=1S/C12H18N2O.ClH/c1-3-6-12(15)14-11-8-5-4-7-10(11)9-13-2;/h4-5,7-8,13H,3,6,9H2,1-2H3,(H,14,15);1H. The molecule has 1 aromatic rings. The first-order chi connectivity index (χ1) is 7.27. The zero-order chi connectivity index (χ0) is 11.1. The van der Waals surface area contributed by atoms with Crippen LogP contribution in [0, 0.1) is 0 Å². The summed E-state index contributed by atoms with van der Waals surface area (Å²) in [5.74, 6) is 0.0843. The Labute approximate surface area is 103 Å². The van der Waals surface area contributed by atoms with Gasteiger partial charge in [-0.2, -0.15) is 0 Å². The van der Waals surface area contributed by atoms with Crippen LogP contribution in [-0.2, 0) is 11.3 Å². The van der Waals surface area contributed by atoms with E-state index in [9.17, 15) is 4.79 Å². The Balaban J connectivity index is 0.00000225. The Morgan fingerprint density at radius 3 is 2.62 bits per heavy atom. The van der Waals surface area contributed by atoms with Gasteiger partial charge in [0.1, 0.15) is 0 Å². The van der Waals surface area contributed by atoms with Gasteiger partial charge in [0.05, 0.1) is 0 Å². The highest BCUT2D eigenvalue weighted by molar-refractivity contribution is 5.91. The van der Waals surface area contributed by atoms with Gasteiger partial charge in [-0.1, -0.05) is 25.1 Å². The lowest BCUT2D eigenvalue weighted by Gasteiger charge is -2.10. The van der Waals surface area contributed by atoms with E-state index in [4.69, 9.17) is 0 Å². The van der Waals surface area contributed by atoms with Crippen LogP contribution in [0.3, 0.4) is 0 Å². The molecule has 0 aliphatic carbocycles. The molecule has 0 heterocycles. The van der Waals surface area contributed by atoms with Gasteiger partial charge in [-0.05, 0) is 25.1 Å². The summed E-state index contributed by atoms with van der Waals surface area (Å²) in [6, 6.07) is 7.85. The molecule has 1 aromatic carbocycles. The summed E-state index contributed by atoms with van der Waals surface area (Å²) in [4.78, 5) is 11.4. The third-order valence-electron chi connectivity index (χ3n) is 2.14. The number of anilines is 1. The lowest BCUT2D eigenvalue weighted by Crippen LogP contribution is -2.14. The van der Waals surface area contributed by atoms with Crippen LogP contribution in [-0.4, -0.2) is 13.0 Å². The highest BCUT2D eigenvalue weighted by Gasteiger charge is 2.04. The Morgan fingerprint density at radius 2 is 2.00 bits per heavy atom. The SMILES string of the molecule is CCCC(=O)Nc1ccccc1CNC.Cl. The fourth-order valence-electron chi connectivity index (χ4n) is 1.43. The fraction of sp³-hybridized carbons (Fsp3) is 0.417. The van der Waals surface area contributed by atoms with E-state index in [1.165, 1.54) is 0 Å². The van der Waals surface area contributed by atoms with Crippen LogP contribution in [0.5, 0.6) is 0 Å². The van der Waals surface area contributed by atoms with Crippen LogP contribution >= 0.6 is 12.4 Å². The topological polar surface area (TPSA) is 41.1 Å². The Kier molecular flexibility index (Phi) is 7.60. The molecular weight excluding hydrogens is 224 g/mol. The lowest BCUT2D eigenvalue weighted by atomic mass is 10.1. The highest BCUT2D eigenvalue weighted by Crippen LogP contribution is 2.14. The molecule has 0 saturated carbocycles. The van der Waals surface area contributed by atoms with Crippen molar-refractivity contribution in [1.29, 1.82) is 0 Å². The highest BCUT2D eigenvalue weighted by atomic mass is 35.5. The van der Waals surface area contributed by atoms with Crippen molar-refractivity contribution in [1.82, 2.24) is 5.32 Å². The minimum Gasteiger partial charge on any atom is -0.326 e. The van der Waals surface area contributed by atoms with Crippen molar-refractivity contribution in [2.45, 2.75) is 26.3 Å². The van der Waals surface area contributed by atoms with Gasteiger partial charge in [0.15, 0.2) is 0 Å². The monoisotopic (exact) mass is 242 g/mol. The summed E-state index contributed by atoms with van der Waals surface area (Å²) in [6.45, 7) is 2.77. The molecule has 16 heavy (non-hydrogen) atoms. The molecule has 0 spiro atoms. The van der Waals surface area contributed by atoms with Crippen LogP contribution in [0.2, 0.25) is 0 Å². The Hall–Kier alpha value is -1.06. The van der Waals surface area contributed by atoms with Crippen molar-refractivity contribution in [3.05, 3.63) is 29.8 Å². The van der Waals surface area contributed by atoms with Gasteiger partial charge in [-0.25, -0.2) is 0 Å². The molecule has 0 aliphatic rings. The van der Waals surface area contributed by atoms with Gasteiger partial charge in [0, 0.05) is 18.7 Å². The minimum atomic E-state index is 0. The summed E-state index contributed by atoms with van der Waals surface area (Å²) in [7, 11) is 1.89. The molecule has 0 fully saturated rings. The molecule has 2 N–H and O–H groups in total. The van der Waals surface area contributed by atoms with E-state index >= 15 is 0 Å². The Bertz CT molecular complexity index is 329. The van der Waals surface area contributed by atoms with Crippen LogP contribution in [0.4, 0.5) is 5.69 Å². The van der Waals surface area contributed by atoms with E-state index in [0.717, 1.165) is 24.2 Å². The first-order valence-corrected chi connectivity index (χ1v) is 5.30. The van der Waals surface area contributed by atoms with Crippen molar-refractivity contribution >= 4 is 24.0 Å². The summed E-state index contributed by atoms with van der Waals surface area (Å²) in [6.07, 6.45) is 1.45. The van der Waals surface area contributed by atoms with E-state index in [1.807, 2.05) is 38.2 Å². The van der Waals surface area contributed by atoms with Gasteiger partial charge < -0.3 is 10.6 Å².